The van der Waals surface area contributed by atoms with Crippen LogP contribution in [0.5, 0.6) is 0 Å². The highest BCUT2D eigenvalue weighted by molar-refractivity contribution is 7.99. The standard InChI is InChI=1S/C14H20ClNO3S2/c1-20-12-4-2-3-11(8-12)16-21(18,19)13-5-6-14(15)10(7-13)9-17/h5-7,11-12,16-17H,2-4,8-9H2,1H3. The number of thioether (sulfide) groups is 1. The van der Waals surface area contributed by atoms with Gasteiger partial charge in [0.05, 0.1) is 11.5 Å². The maximum atomic E-state index is 12.4. The molecule has 1 aliphatic rings. The molecule has 0 aliphatic heterocycles. The zero-order valence-electron chi connectivity index (χ0n) is 11.9. The molecule has 1 aliphatic carbocycles. The molecule has 2 atom stereocenters. The number of aliphatic hydroxyl groups is 1. The highest BCUT2D eigenvalue weighted by atomic mass is 35.5. The van der Waals surface area contributed by atoms with Gasteiger partial charge in [-0.15, -0.1) is 0 Å². The Kier molecular flexibility index (Phi) is 5.96. The molecule has 2 N–H and O–H groups in total. The Hall–Kier alpha value is -0.270. The molecule has 0 saturated heterocycles. The van der Waals surface area contributed by atoms with Gasteiger partial charge in [0, 0.05) is 16.3 Å². The van der Waals surface area contributed by atoms with Crippen LogP contribution in [0.25, 0.3) is 0 Å². The first-order chi connectivity index (χ1) is 9.96. The minimum Gasteiger partial charge on any atom is -0.392 e. The second kappa shape index (κ2) is 7.33. The van der Waals surface area contributed by atoms with Gasteiger partial charge in [-0.1, -0.05) is 18.0 Å². The summed E-state index contributed by atoms with van der Waals surface area (Å²) in [6.07, 6.45) is 5.99. The summed E-state index contributed by atoms with van der Waals surface area (Å²) in [6, 6.07) is 4.39. The number of rotatable bonds is 5. The van der Waals surface area contributed by atoms with Crippen LogP contribution in [0.2, 0.25) is 5.02 Å². The van der Waals surface area contributed by atoms with Crippen LogP contribution >= 0.6 is 23.4 Å². The van der Waals surface area contributed by atoms with Crippen molar-refractivity contribution in [2.24, 2.45) is 0 Å². The predicted octanol–water partition coefficient (Wildman–Crippen LogP) is 2.78. The lowest BCUT2D eigenvalue weighted by atomic mass is 9.96. The Morgan fingerprint density at radius 2 is 2.19 bits per heavy atom. The Morgan fingerprint density at radius 3 is 2.86 bits per heavy atom. The van der Waals surface area contributed by atoms with Crippen LogP contribution in [-0.4, -0.2) is 31.1 Å². The van der Waals surface area contributed by atoms with Crippen LogP contribution in [0, 0.1) is 0 Å². The summed E-state index contributed by atoms with van der Waals surface area (Å²) < 4.78 is 27.6. The van der Waals surface area contributed by atoms with Gasteiger partial charge in [-0.25, -0.2) is 13.1 Å². The topological polar surface area (TPSA) is 66.4 Å². The smallest absolute Gasteiger partial charge is 0.240 e. The van der Waals surface area contributed by atoms with Gasteiger partial charge in [0.2, 0.25) is 10.0 Å². The first kappa shape index (κ1) is 17.1. The number of halogens is 1. The normalized spacial score (nSPS) is 23.2. The van der Waals surface area contributed by atoms with Crippen LogP contribution in [0.4, 0.5) is 0 Å². The molecular formula is C14H20ClNO3S2. The molecular weight excluding hydrogens is 330 g/mol. The summed E-state index contributed by atoms with van der Waals surface area (Å²) in [5.74, 6) is 0. The molecule has 2 unspecified atom stereocenters. The fourth-order valence-corrected chi connectivity index (χ4v) is 4.93. The van der Waals surface area contributed by atoms with E-state index >= 15 is 0 Å². The number of benzene rings is 1. The number of hydrogen-bond donors (Lipinski definition) is 2. The first-order valence-electron chi connectivity index (χ1n) is 6.90. The van der Waals surface area contributed by atoms with Gasteiger partial charge in [0.15, 0.2) is 0 Å². The van der Waals surface area contributed by atoms with Crippen LogP contribution in [-0.2, 0) is 16.6 Å². The fraction of sp³-hybridized carbons (Fsp3) is 0.571. The molecule has 4 nitrogen and oxygen atoms in total. The summed E-state index contributed by atoms with van der Waals surface area (Å²) >= 11 is 7.69. The Bertz CT molecular complexity index is 592. The van der Waals surface area contributed by atoms with Crippen LogP contribution in [0.1, 0.15) is 31.2 Å². The van der Waals surface area contributed by atoms with E-state index in [0.29, 0.717) is 15.8 Å². The average molecular weight is 350 g/mol. The third kappa shape index (κ3) is 4.36. The molecule has 21 heavy (non-hydrogen) atoms. The highest BCUT2D eigenvalue weighted by Gasteiger charge is 2.26. The molecule has 118 valence electrons. The van der Waals surface area contributed by atoms with E-state index < -0.39 is 10.0 Å². The second-order valence-electron chi connectivity index (χ2n) is 5.25. The average Bonchev–Trinajstić information content (AvgIpc) is 2.47. The largest absolute Gasteiger partial charge is 0.392 e. The third-order valence-corrected chi connectivity index (χ3v) is 6.76. The number of aliphatic hydroxyl groups excluding tert-OH is 1. The van der Waals surface area contributed by atoms with Gasteiger partial charge in [-0.2, -0.15) is 11.8 Å². The van der Waals surface area contributed by atoms with Gasteiger partial charge in [0.25, 0.3) is 0 Å². The van der Waals surface area contributed by atoms with E-state index in [1.165, 1.54) is 18.2 Å². The van der Waals surface area contributed by atoms with E-state index in [1.807, 2.05) is 0 Å². The summed E-state index contributed by atoms with van der Waals surface area (Å²) in [5.41, 5.74) is 0.421. The number of hydrogen-bond acceptors (Lipinski definition) is 4. The molecule has 0 aromatic heterocycles. The Balaban J connectivity index is 2.14. The minimum atomic E-state index is -3.57. The van der Waals surface area contributed by atoms with Crippen LogP contribution in [0.3, 0.4) is 0 Å². The molecule has 1 fully saturated rings. The van der Waals surface area contributed by atoms with Crippen molar-refractivity contribution in [2.75, 3.05) is 6.26 Å². The van der Waals surface area contributed by atoms with Gasteiger partial charge in [-0.3, -0.25) is 0 Å². The van der Waals surface area contributed by atoms with E-state index in [0.717, 1.165) is 25.7 Å². The molecule has 0 bridgehead atoms. The van der Waals surface area contributed by atoms with Crippen molar-refractivity contribution < 1.29 is 13.5 Å². The Labute approximate surface area is 135 Å². The minimum absolute atomic E-state index is 0.0190. The molecule has 0 heterocycles. The lowest BCUT2D eigenvalue weighted by Gasteiger charge is -2.28. The summed E-state index contributed by atoms with van der Waals surface area (Å²) in [4.78, 5) is 0.155. The second-order valence-corrected chi connectivity index (χ2v) is 8.51. The molecule has 1 aromatic rings. The summed E-state index contributed by atoms with van der Waals surface area (Å²) in [6.45, 7) is -0.278. The van der Waals surface area contributed by atoms with Crippen LogP contribution in [0.15, 0.2) is 23.1 Å². The zero-order valence-corrected chi connectivity index (χ0v) is 14.3. The fourth-order valence-electron chi connectivity index (χ4n) is 2.59. The molecule has 0 amide bonds. The third-order valence-electron chi connectivity index (χ3n) is 3.78. The van der Waals surface area contributed by atoms with E-state index in [9.17, 15) is 13.5 Å². The zero-order chi connectivity index (χ0) is 15.5. The number of nitrogens with one attached hydrogen (secondary N) is 1. The van der Waals surface area contributed by atoms with E-state index in [1.54, 1.807) is 11.8 Å². The van der Waals surface area contributed by atoms with Gasteiger partial charge >= 0.3 is 0 Å². The SMILES string of the molecule is CSC1CCCC(NS(=O)(=O)c2ccc(Cl)c(CO)c2)C1. The molecule has 2 rings (SSSR count). The van der Waals surface area contributed by atoms with Crippen molar-refractivity contribution in [3.8, 4) is 0 Å². The van der Waals surface area contributed by atoms with Crippen LogP contribution < -0.4 is 4.72 Å². The van der Waals surface area contributed by atoms with Crippen molar-refractivity contribution in [1.29, 1.82) is 0 Å². The molecule has 1 aromatic carbocycles. The maximum absolute atomic E-state index is 12.4. The van der Waals surface area contributed by atoms with E-state index in [2.05, 4.69) is 11.0 Å². The van der Waals surface area contributed by atoms with Crippen molar-refractivity contribution in [3.63, 3.8) is 0 Å². The Morgan fingerprint density at radius 1 is 1.43 bits per heavy atom. The van der Waals surface area contributed by atoms with Gasteiger partial charge in [-0.05, 0) is 49.3 Å². The lowest BCUT2D eigenvalue weighted by molar-refractivity contribution is 0.281. The van der Waals surface area contributed by atoms with Crippen molar-refractivity contribution >= 4 is 33.4 Å². The summed E-state index contributed by atoms with van der Waals surface area (Å²) in [5, 5.41) is 10.1. The maximum Gasteiger partial charge on any atom is 0.240 e. The quantitative estimate of drug-likeness (QED) is 0.857. The van der Waals surface area contributed by atoms with Crippen molar-refractivity contribution in [1.82, 2.24) is 4.72 Å². The number of sulfonamides is 1. The van der Waals surface area contributed by atoms with Crippen molar-refractivity contribution in [3.05, 3.63) is 28.8 Å². The van der Waals surface area contributed by atoms with Crippen molar-refractivity contribution in [2.45, 2.75) is 48.5 Å². The molecule has 0 spiro atoms. The molecule has 1 saturated carbocycles. The van der Waals surface area contributed by atoms with E-state index in [-0.39, 0.29) is 17.5 Å². The highest BCUT2D eigenvalue weighted by Crippen LogP contribution is 2.28. The molecule has 0 radical (unpaired) electrons. The predicted molar refractivity (Wildman–Crippen MR) is 87.3 cm³/mol. The summed E-state index contributed by atoms with van der Waals surface area (Å²) in [7, 11) is -3.57. The molecule has 7 heteroatoms. The first-order valence-corrected chi connectivity index (χ1v) is 10.1. The lowest BCUT2D eigenvalue weighted by Crippen LogP contribution is -2.39. The van der Waals surface area contributed by atoms with Gasteiger partial charge in [0.1, 0.15) is 0 Å². The van der Waals surface area contributed by atoms with E-state index in [4.69, 9.17) is 11.6 Å². The van der Waals surface area contributed by atoms with Gasteiger partial charge < -0.3 is 5.11 Å². The monoisotopic (exact) mass is 349 g/mol.